The number of hydrogen-bond acceptors (Lipinski definition) is 6. The Morgan fingerprint density at radius 3 is 2.88 bits per heavy atom. The first kappa shape index (κ1) is 17.1. The van der Waals surface area contributed by atoms with Gasteiger partial charge in [0.2, 0.25) is 5.91 Å². The molecule has 24 heavy (non-hydrogen) atoms. The standard InChI is InChI=1S/C17H23N3O3S/c1-10-6-4-5-7-14(10)18-15(21)12(3)24-17-20-19-16(23-17)13-8-9-22-11(13)2/h8-10,12,14H,4-7H2,1-3H3,(H,18,21)/t10-,12+,14+/m0/s1. The van der Waals surface area contributed by atoms with Gasteiger partial charge in [-0.25, -0.2) is 0 Å². The highest BCUT2D eigenvalue weighted by atomic mass is 32.2. The van der Waals surface area contributed by atoms with Crippen LogP contribution in [0.2, 0.25) is 0 Å². The fraction of sp³-hybridized carbons (Fsp3) is 0.588. The number of carbonyl (C=O) groups is 1. The predicted octanol–water partition coefficient (Wildman–Crippen LogP) is 3.81. The molecule has 1 aliphatic rings. The topological polar surface area (TPSA) is 81.2 Å². The van der Waals surface area contributed by atoms with Crippen LogP contribution in [0.3, 0.4) is 0 Å². The van der Waals surface area contributed by atoms with E-state index < -0.39 is 0 Å². The Morgan fingerprint density at radius 1 is 1.38 bits per heavy atom. The summed E-state index contributed by atoms with van der Waals surface area (Å²) in [4.78, 5) is 12.4. The van der Waals surface area contributed by atoms with E-state index in [0.29, 0.717) is 17.0 Å². The number of carbonyl (C=O) groups excluding carboxylic acids is 1. The molecule has 0 saturated heterocycles. The van der Waals surface area contributed by atoms with Gasteiger partial charge in [0, 0.05) is 6.04 Å². The second-order valence-corrected chi connectivity index (χ2v) is 7.69. The normalized spacial score (nSPS) is 22.3. The molecule has 2 heterocycles. The van der Waals surface area contributed by atoms with Crippen LogP contribution >= 0.6 is 11.8 Å². The zero-order valence-corrected chi connectivity index (χ0v) is 15.1. The van der Waals surface area contributed by atoms with Crippen molar-refractivity contribution in [3.8, 4) is 11.5 Å². The van der Waals surface area contributed by atoms with Gasteiger partial charge in [-0.2, -0.15) is 0 Å². The minimum Gasteiger partial charge on any atom is -0.469 e. The van der Waals surface area contributed by atoms with Crippen molar-refractivity contribution in [3.63, 3.8) is 0 Å². The molecule has 0 aromatic carbocycles. The third-order valence-corrected chi connectivity index (χ3v) is 5.52. The first-order valence-corrected chi connectivity index (χ1v) is 9.27. The van der Waals surface area contributed by atoms with E-state index in [4.69, 9.17) is 8.83 Å². The summed E-state index contributed by atoms with van der Waals surface area (Å²) in [6.07, 6.45) is 6.28. The van der Waals surface area contributed by atoms with Gasteiger partial charge in [0.05, 0.1) is 17.1 Å². The molecule has 1 aliphatic carbocycles. The molecule has 0 aliphatic heterocycles. The number of nitrogens with zero attached hydrogens (tertiary/aromatic N) is 2. The highest BCUT2D eigenvalue weighted by Crippen LogP contribution is 2.29. The van der Waals surface area contributed by atoms with E-state index in [1.807, 2.05) is 13.8 Å². The molecule has 0 radical (unpaired) electrons. The van der Waals surface area contributed by atoms with Crippen molar-refractivity contribution >= 4 is 17.7 Å². The lowest BCUT2D eigenvalue weighted by Crippen LogP contribution is -2.44. The summed E-state index contributed by atoms with van der Waals surface area (Å²) < 4.78 is 10.9. The first-order valence-electron chi connectivity index (χ1n) is 8.39. The smallest absolute Gasteiger partial charge is 0.277 e. The van der Waals surface area contributed by atoms with Crippen LogP contribution in [0.25, 0.3) is 11.5 Å². The van der Waals surface area contributed by atoms with E-state index in [0.717, 1.165) is 17.7 Å². The quantitative estimate of drug-likeness (QED) is 0.827. The number of aryl methyl sites for hydroxylation is 1. The molecule has 3 rings (SSSR count). The van der Waals surface area contributed by atoms with Crippen LogP contribution in [-0.2, 0) is 4.79 Å². The maximum Gasteiger partial charge on any atom is 0.277 e. The van der Waals surface area contributed by atoms with Crippen molar-refractivity contribution in [3.05, 3.63) is 18.1 Å². The number of amides is 1. The molecule has 0 spiro atoms. The molecule has 3 atom stereocenters. The van der Waals surface area contributed by atoms with Gasteiger partial charge in [0.25, 0.3) is 11.1 Å². The van der Waals surface area contributed by atoms with Crippen LogP contribution in [0.4, 0.5) is 0 Å². The molecule has 1 amide bonds. The van der Waals surface area contributed by atoms with E-state index in [-0.39, 0.29) is 17.2 Å². The molecule has 0 unspecified atom stereocenters. The summed E-state index contributed by atoms with van der Waals surface area (Å²) in [6, 6.07) is 2.07. The summed E-state index contributed by atoms with van der Waals surface area (Å²) in [7, 11) is 0. The second kappa shape index (κ2) is 7.42. The maximum atomic E-state index is 12.4. The third kappa shape index (κ3) is 3.83. The number of thioether (sulfide) groups is 1. The summed E-state index contributed by atoms with van der Waals surface area (Å²) in [6.45, 7) is 5.91. The lowest BCUT2D eigenvalue weighted by Gasteiger charge is -2.30. The number of aromatic nitrogens is 2. The molecule has 2 aromatic rings. The largest absolute Gasteiger partial charge is 0.469 e. The van der Waals surface area contributed by atoms with Crippen molar-refractivity contribution in [2.75, 3.05) is 0 Å². The van der Waals surface area contributed by atoms with Crippen LogP contribution in [0, 0.1) is 12.8 Å². The lowest BCUT2D eigenvalue weighted by molar-refractivity contribution is -0.121. The van der Waals surface area contributed by atoms with Gasteiger partial charge in [-0.05, 0) is 38.7 Å². The van der Waals surface area contributed by atoms with Gasteiger partial charge in [0.15, 0.2) is 0 Å². The molecule has 0 bridgehead atoms. The van der Waals surface area contributed by atoms with Crippen molar-refractivity contribution in [1.82, 2.24) is 15.5 Å². The van der Waals surface area contributed by atoms with Gasteiger partial charge >= 0.3 is 0 Å². The molecule has 7 heteroatoms. The van der Waals surface area contributed by atoms with E-state index in [1.165, 1.54) is 31.0 Å². The molecule has 1 fully saturated rings. The van der Waals surface area contributed by atoms with E-state index >= 15 is 0 Å². The van der Waals surface area contributed by atoms with E-state index in [1.54, 1.807) is 12.3 Å². The minimum atomic E-state index is -0.280. The fourth-order valence-electron chi connectivity index (χ4n) is 3.01. The van der Waals surface area contributed by atoms with Crippen molar-refractivity contribution in [1.29, 1.82) is 0 Å². The van der Waals surface area contributed by atoms with Crippen molar-refractivity contribution in [2.45, 2.75) is 63.0 Å². The zero-order valence-electron chi connectivity index (χ0n) is 14.2. The Morgan fingerprint density at radius 2 is 2.17 bits per heavy atom. The van der Waals surface area contributed by atoms with Gasteiger partial charge in [-0.15, -0.1) is 10.2 Å². The minimum absolute atomic E-state index is 0.0259. The van der Waals surface area contributed by atoms with Crippen molar-refractivity contribution in [2.24, 2.45) is 5.92 Å². The number of nitrogens with one attached hydrogen (secondary N) is 1. The molecular formula is C17H23N3O3S. The molecule has 1 N–H and O–H groups in total. The number of rotatable bonds is 5. The van der Waals surface area contributed by atoms with Crippen LogP contribution < -0.4 is 5.32 Å². The van der Waals surface area contributed by atoms with Gasteiger partial charge in [-0.3, -0.25) is 4.79 Å². The average Bonchev–Trinajstić information content (AvgIpc) is 3.18. The highest BCUT2D eigenvalue weighted by molar-refractivity contribution is 8.00. The number of hydrogen-bond donors (Lipinski definition) is 1. The van der Waals surface area contributed by atoms with Crippen LogP contribution in [-0.4, -0.2) is 27.4 Å². The van der Waals surface area contributed by atoms with Crippen molar-refractivity contribution < 1.29 is 13.6 Å². The fourth-order valence-corrected chi connectivity index (χ4v) is 3.70. The van der Waals surface area contributed by atoms with Gasteiger partial charge < -0.3 is 14.2 Å². The SMILES string of the molecule is Cc1occc1-c1nnc(S[C@H](C)C(=O)N[C@@H]2CCCC[C@@H]2C)o1. The maximum absolute atomic E-state index is 12.4. The monoisotopic (exact) mass is 349 g/mol. The Balaban J connectivity index is 1.58. The number of furan rings is 1. The first-order chi connectivity index (χ1) is 11.5. The zero-order chi connectivity index (χ0) is 17.1. The summed E-state index contributed by atoms with van der Waals surface area (Å²) in [5.41, 5.74) is 0.780. The molecule has 2 aromatic heterocycles. The van der Waals surface area contributed by atoms with Crippen LogP contribution in [0.1, 0.15) is 45.3 Å². The lowest BCUT2D eigenvalue weighted by atomic mass is 9.86. The highest BCUT2D eigenvalue weighted by Gasteiger charge is 2.26. The average molecular weight is 349 g/mol. The van der Waals surface area contributed by atoms with E-state index in [2.05, 4.69) is 22.4 Å². The second-order valence-electron chi connectivity index (χ2n) is 6.40. The molecule has 1 saturated carbocycles. The van der Waals surface area contributed by atoms with Crippen LogP contribution in [0.15, 0.2) is 26.4 Å². The Kier molecular flexibility index (Phi) is 5.28. The molecular weight excluding hydrogens is 326 g/mol. The Bertz CT molecular complexity index is 697. The summed E-state index contributed by atoms with van der Waals surface area (Å²) >= 11 is 1.28. The third-order valence-electron chi connectivity index (χ3n) is 4.58. The van der Waals surface area contributed by atoms with Gasteiger partial charge in [-0.1, -0.05) is 31.5 Å². The summed E-state index contributed by atoms with van der Waals surface area (Å²) in [5, 5.41) is 11.3. The molecule has 130 valence electrons. The molecule has 6 nitrogen and oxygen atoms in total. The van der Waals surface area contributed by atoms with E-state index in [9.17, 15) is 4.79 Å². The Hall–Kier alpha value is -1.76. The summed E-state index contributed by atoms with van der Waals surface area (Å²) in [5.74, 6) is 1.71. The predicted molar refractivity (Wildman–Crippen MR) is 91.6 cm³/mol. The Labute approximate surface area is 145 Å². The van der Waals surface area contributed by atoms with Crippen LogP contribution in [0.5, 0.6) is 0 Å². The van der Waals surface area contributed by atoms with Gasteiger partial charge in [0.1, 0.15) is 5.76 Å².